The second-order valence-corrected chi connectivity index (χ2v) is 5.66. The van der Waals surface area contributed by atoms with E-state index in [-0.39, 0.29) is 33.6 Å². The molecule has 0 aliphatic heterocycles. The Balaban J connectivity index is -0.000000122. The maximum Gasteiger partial charge on any atom is 4.00 e. The minimum Gasteiger partial charge on any atom is -0.671 e. The van der Waals surface area contributed by atoms with Gasteiger partial charge in [0.2, 0.25) is 0 Å². The van der Waals surface area contributed by atoms with E-state index >= 15 is 0 Å². The smallest absolute Gasteiger partial charge is 0.671 e. The fourth-order valence-electron chi connectivity index (χ4n) is 2.01. The van der Waals surface area contributed by atoms with Gasteiger partial charge in [0.15, 0.2) is 0 Å². The molecule has 0 saturated heterocycles. The molecule has 0 amide bonds. The molecule has 1 aliphatic carbocycles. The molecule has 0 bridgehead atoms. The van der Waals surface area contributed by atoms with E-state index < -0.39 is 0 Å². The van der Waals surface area contributed by atoms with Gasteiger partial charge in [0.1, 0.15) is 6.71 Å². The third-order valence-electron chi connectivity index (χ3n) is 2.68. The first-order chi connectivity index (χ1) is 8.08. The van der Waals surface area contributed by atoms with Crippen molar-refractivity contribution in [2.75, 3.05) is 41.7 Å². The van der Waals surface area contributed by atoms with Gasteiger partial charge in [0, 0.05) is 4.83 Å². The molecule has 0 N–H and O–H groups in total. The molecule has 0 aromatic heterocycles. The molecule has 6 heteroatoms. The average Bonchev–Trinajstić information content (AvgIpc) is 2.67. The summed E-state index contributed by atoms with van der Waals surface area (Å²) < 4.78 is 0. The van der Waals surface area contributed by atoms with Crippen molar-refractivity contribution < 1.29 is 26.2 Å². The first kappa shape index (κ1) is 28.5. The van der Waals surface area contributed by atoms with Crippen molar-refractivity contribution in [3.8, 4) is 0 Å². The van der Waals surface area contributed by atoms with Gasteiger partial charge in [-0.25, -0.2) is 0 Å². The van der Waals surface area contributed by atoms with Crippen LogP contribution >= 0.6 is 15.9 Å². The number of hydrogen-bond donors (Lipinski definition) is 0. The first-order valence-electron chi connectivity index (χ1n) is 6.24. The Hall–Kier alpha value is 1.31. The van der Waals surface area contributed by atoms with E-state index in [1.165, 1.54) is 19.3 Å². The maximum atomic E-state index is 4.19. The van der Waals surface area contributed by atoms with Crippen LogP contribution in [0, 0.1) is 7.43 Å². The van der Waals surface area contributed by atoms with Gasteiger partial charge in [0.05, 0.1) is 0 Å². The van der Waals surface area contributed by atoms with Crippen molar-refractivity contribution in [1.82, 2.24) is 0 Å². The summed E-state index contributed by atoms with van der Waals surface area (Å²) in [6.45, 7) is 3.09. The Labute approximate surface area is 150 Å². The van der Waals surface area contributed by atoms with Crippen molar-refractivity contribution in [3.05, 3.63) is 23.4 Å². The molecule has 0 radical (unpaired) electrons. The van der Waals surface area contributed by atoms with Crippen LogP contribution in [0.2, 0.25) is 12.6 Å². The number of hydrogen-bond acceptors (Lipinski definition) is 0. The van der Waals surface area contributed by atoms with E-state index in [0.717, 1.165) is 23.8 Å². The van der Waals surface area contributed by atoms with Crippen LogP contribution in [0.15, 0.2) is 0 Å². The summed E-state index contributed by atoms with van der Waals surface area (Å²) in [5.41, 5.74) is 0. The summed E-state index contributed by atoms with van der Waals surface area (Å²) in [5.74, 6) is 0.874. The minimum atomic E-state index is 0. The number of rotatable bonds is 3. The zero-order valence-corrected chi connectivity index (χ0v) is 17.8. The van der Waals surface area contributed by atoms with E-state index in [0.29, 0.717) is 0 Å². The van der Waals surface area contributed by atoms with E-state index in [1.807, 2.05) is 7.05 Å². The van der Waals surface area contributed by atoms with E-state index in [4.69, 9.17) is 0 Å². The summed E-state index contributed by atoms with van der Waals surface area (Å²) in [6.07, 6.45) is 5.19. The third kappa shape index (κ3) is 17.3. The van der Waals surface area contributed by atoms with Crippen molar-refractivity contribution in [2.24, 2.45) is 0 Å². The molecule has 112 valence electrons. The quantitative estimate of drug-likeness (QED) is 0.368. The maximum absolute atomic E-state index is 4.19. The second-order valence-electron chi connectivity index (χ2n) is 4.48. The molecular formula is C13H31BBrN3Zr. The normalized spacial score (nSPS) is 19.7. The summed E-state index contributed by atoms with van der Waals surface area (Å²) in [4.78, 5) is 0.763. The standard InChI is InChI=1S/C8H16BBrN.2C2H6N.CH3.Zr/c1-9(6-11-2)7-4-3-5-8(7)10;2*1-3-2;;/h7-8H,3-6H2,1-2H3;2*1-2H3;1H3;/q4*-1;+4. The van der Waals surface area contributed by atoms with Crippen molar-refractivity contribution in [2.45, 2.75) is 36.7 Å². The Morgan fingerprint density at radius 1 is 1.05 bits per heavy atom. The summed E-state index contributed by atoms with van der Waals surface area (Å²) in [5, 5.41) is 11.2. The molecule has 0 spiro atoms. The zero-order chi connectivity index (χ0) is 13.7. The summed E-state index contributed by atoms with van der Waals surface area (Å²) >= 11 is 3.73. The molecule has 0 heterocycles. The molecule has 1 rings (SSSR count). The fraction of sp³-hybridized carbons (Fsp3) is 0.923. The van der Waals surface area contributed by atoms with Gasteiger partial charge in [-0.3, -0.25) is 0 Å². The van der Waals surface area contributed by atoms with Gasteiger partial charge in [0.25, 0.3) is 0 Å². The van der Waals surface area contributed by atoms with Crippen LogP contribution < -0.4 is 0 Å². The Bertz CT molecular complexity index is 154. The molecular weight excluding hydrogens is 380 g/mol. The van der Waals surface area contributed by atoms with E-state index in [2.05, 4.69) is 38.7 Å². The van der Waals surface area contributed by atoms with Crippen molar-refractivity contribution >= 4 is 22.6 Å². The van der Waals surface area contributed by atoms with Crippen LogP contribution in [-0.4, -0.2) is 53.2 Å². The van der Waals surface area contributed by atoms with Crippen molar-refractivity contribution in [1.29, 1.82) is 0 Å². The third-order valence-corrected chi connectivity index (χ3v) is 3.82. The van der Waals surface area contributed by atoms with Crippen LogP contribution in [0.4, 0.5) is 0 Å². The summed E-state index contributed by atoms with van der Waals surface area (Å²) in [7, 11) is 8.91. The molecule has 1 saturated carbocycles. The monoisotopic (exact) mass is 409 g/mol. The zero-order valence-electron chi connectivity index (χ0n) is 13.8. The Kier molecular flexibility index (Phi) is 32.4. The van der Waals surface area contributed by atoms with Crippen LogP contribution in [0.3, 0.4) is 0 Å². The van der Waals surface area contributed by atoms with Crippen LogP contribution in [-0.2, 0) is 26.2 Å². The predicted molar refractivity (Wildman–Crippen MR) is 92.9 cm³/mol. The average molecular weight is 411 g/mol. The molecule has 3 nitrogen and oxygen atoms in total. The second kappa shape index (κ2) is 21.6. The number of nitrogens with zero attached hydrogens (tertiary/aromatic N) is 3. The molecule has 0 aromatic carbocycles. The topological polar surface area (TPSA) is 42.3 Å². The van der Waals surface area contributed by atoms with Gasteiger partial charge in [-0.15, -0.1) is 0 Å². The molecule has 1 fully saturated rings. The van der Waals surface area contributed by atoms with Crippen molar-refractivity contribution in [3.63, 3.8) is 0 Å². The molecule has 19 heavy (non-hydrogen) atoms. The number of halogens is 1. The van der Waals surface area contributed by atoms with E-state index in [1.54, 1.807) is 28.2 Å². The van der Waals surface area contributed by atoms with Crippen LogP contribution in [0.1, 0.15) is 19.3 Å². The van der Waals surface area contributed by atoms with Gasteiger partial charge in [-0.05, 0) is 6.42 Å². The molecule has 1 aliphatic rings. The first-order valence-corrected chi connectivity index (χ1v) is 7.15. The largest absolute Gasteiger partial charge is 4.00 e. The van der Waals surface area contributed by atoms with Gasteiger partial charge in [-0.2, -0.15) is 41.7 Å². The molecule has 2 atom stereocenters. The SMILES string of the molecule is C[N-]C.C[N-]C.C[N-]CB(C)C1CCCC1Br.[CH3-].[Zr+4]. The predicted octanol–water partition coefficient (Wildman–Crippen LogP) is 4.66. The fourth-order valence-corrected chi connectivity index (χ4v) is 3.12. The van der Waals surface area contributed by atoms with Crippen LogP contribution in [0.5, 0.6) is 0 Å². The van der Waals surface area contributed by atoms with Gasteiger partial charge >= 0.3 is 26.2 Å². The molecule has 2 unspecified atom stereocenters. The van der Waals surface area contributed by atoms with Gasteiger partial charge < -0.3 is 23.4 Å². The van der Waals surface area contributed by atoms with Gasteiger partial charge in [-0.1, -0.05) is 41.4 Å². The Morgan fingerprint density at radius 2 is 1.47 bits per heavy atom. The molecule has 0 aromatic rings. The van der Waals surface area contributed by atoms with Crippen LogP contribution in [0.25, 0.3) is 16.0 Å². The summed E-state index contributed by atoms with van der Waals surface area (Å²) in [6, 6.07) is 0. The minimum absolute atomic E-state index is 0. The Morgan fingerprint density at radius 3 is 1.74 bits per heavy atom. The van der Waals surface area contributed by atoms with E-state index in [9.17, 15) is 0 Å². The number of alkyl halides is 1.